The lowest BCUT2D eigenvalue weighted by Gasteiger charge is -2.11. The molecule has 0 aliphatic heterocycles. The Bertz CT molecular complexity index is 687. The number of nitrogens with one attached hydrogen (secondary N) is 2. The Balaban J connectivity index is 1.99. The number of rotatable bonds is 5. The van der Waals surface area contributed by atoms with E-state index in [1.807, 2.05) is 12.1 Å². The second-order valence-corrected chi connectivity index (χ2v) is 5.98. The third-order valence-electron chi connectivity index (χ3n) is 3.04. The normalized spacial score (nSPS) is 10.1. The van der Waals surface area contributed by atoms with Crippen molar-refractivity contribution in [2.24, 2.45) is 0 Å². The van der Waals surface area contributed by atoms with Crippen LogP contribution in [-0.2, 0) is 6.54 Å². The van der Waals surface area contributed by atoms with Gasteiger partial charge in [0.25, 0.3) is 0 Å². The lowest BCUT2D eigenvalue weighted by Crippen LogP contribution is -2.28. The zero-order chi connectivity index (χ0) is 16.8. The number of methoxy groups -OCH3 is 2. The molecule has 2 aromatic rings. The van der Waals surface area contributed by atoms with E-state index >= 15 is 0 Å². The number of carbonyl (C=O) groups is 1. The number of hydrogen-bond donors (Lipinski definition) is 2. The topological polar surface area (TPSA) is 59.6 Å². The minimum absolute atomic E-state index is 0.327. The summed E-state index contributed by atoms with van der Waals surface area (Å²) in [5.41, 5.74) is 1.40. The smallest absolute Gasteiger partial charge is 0.319 e. The SMILES string of the molecule is COc1cc(CNC(=O)Nc2ccc(Br)cc2Cl)cc(OC)c1. The molecule has 122 valence electrons. The number of urea groups is 1. The van der Waals surface area contributed by atoms with E-state index in [-0.39, 0.29) is 6.03 Å². The minimum Gasteiger partial charge on any atom is -0.497 e. The molecule has 0 radical (unpaired) electrons. The molecule has 0 fully saturated rings. The third kappa shape index (κ3) is 5.04. The van der Waals surface area contributed by atoms with Crippen molar-refractivity contribution in [3.8, 4) is 11.5 Å². The molecule has 2 N–H and O–H groups in total. The van der Waals surface area contributed by atoms with Crippen LogP contribution in [0.3, 0.4) is 0 Å². The quantitative estimate of drug-likeness (QED) is 0.781. The average Bonchev–Trinajstić information content (AvgIpc) is 2.55. The van der Waals surface area contributed by atoms with E-state index in [4.69, 9.17) is 21.1 Å². The van der Waals surface area contributed by atoms with Gasteiger partial charge in [0, 0.05) is 17.1 Å². The predicted molar refractivity (Wildman–Crippen MR) is 94.6 cm³/mol. The van der Waals surface area contributed by atoms with Gasteiger partial charge in [-0.1, -0.05) is 27.5 Å². The van der Waals surface area contributed by atoms with Crippen molar-refractivity contribution < 1.29 is 14.3 Å². The molecule has 0 saturated carbocycles. The van der Waals surface area contributed by atoms with E-state index < -0.39 is 0 Å². The molecular weight excluding hydrogens is 384 g/mol. The molecule has 2 rings (SSSR count). The Morgan fingerprint density at radius 2 is 1.78 bits per heavy atom. The van der Waals surface area contributed by atoms with Gasteiger partial charge in [0.2, 0.25) is 0 Å². The van der Waals surface area contributed by atoms with Crippen LogP contribution in [0.1, 0.15) is 5.56 Å². The van der Waals surface area contributed by atoms with Gasteiger partial charge in [-0.15, -0.1) is 0 Å². The fraction of sp³-hybridized carbons (Fsp3) is 0.188. The summed E-state index contributed by atoms with van der Waals surface area (Å²) in [6.45, 7) is 0.327. The Morgan fingerprint density at radius 3 is 2.35 bits per heavy atom. The van der Waals surface area contributed by atoms with Gasteiger partial charge < -0.3 is 20.1 Å². The molecule has 0 aromatic heterocycles. The van der Waals surface area contributed by atoms with Crippen molar-refractivity contribution in [1.29, 1.82) is 0 Å². The molecule has 5 nitrogen and oxygen atoms in total. The number of anilines is 1. The Labute approximate surface area is 148 Å². The van der Waals surface area contributed by atoms with Crippen LogP contribution in [0.2, 0.25) is 5.02 Å². The summed E-state index contributed by atoms with van der Waals surface area (Å²) in [6.07, 6.45) is 0. The van der Waals surface area contributed by atoms with E-state index in [2.05, 4.69) is 26.6 Å². The molecule has 0 bridgehead atoms. The Kier molecular flexibility index (Phi) is 6.12. The van der Waals surface area contributed by atoms with Crippen molar-refractivity contribution >= 4 is 39.2 Å². The molecule has 0 aliphatic carbocycles. The monoisotopic (exact) mass is 398 g/mol. The van der Waals surface area contributed by atoms with E-state index in [0.717, 1.165) is 10.0 Å². The molecule has 7 heteroatoms. The highest BCUT2D eigenvalue weighted by molar-refractivity contribution is 9.10. The van der Waals surface area contributed by atoms with Crippen molar-refractivity contribution in [1.82, 2.24) is 5.32 Å². The summed E-state index contributed by atoms with van der Waals surface area (Å²) >= 11 is 9.38. The number of carbonyl (C=O) groups excluding carboxylic acids is 1. The van der Waals surface area contributed by atoms with E-state index in [0.29, 0.717) is 28.8 Å². The van der Waals surface area contributed by atoms with Gasteiger partial charge in [-0.25, -0.2) is 4.79 Å². The van der Waals surface area contributed by atoms with Crippen LogP contribution in [-0.4, -0.2) is 20.3 Å². The number of hydrogen-bond acceptors (Lipinski definition) is 3. The van der Waals surface area contributed by atoms with Gasteiger partial charge in [-0.05, 0) is 35.9 Å². The molecule has 2 aromatic carbocycles. The maximum Gasteiger partial charge on any atom is 0.319 e. The lowest BCUT2D eigenvalue weighted by atomic mass is 10.2. The van der Waals surface area contributed by atoms with Gasteiger partial charge in [0.15, 0.2) is 0 Å². The molecule has 0 heterocycles. The van der Waals surface area contributed by atoms with Gasteiger partial charge in [-0.3, -0.25) is 0 Å². The van der Waals surface area contributed by atoms with Crippen LogP contribution < -0.4 is 20.1 Å². The molecule has 2 amide bonds. The highest BCUT2D eigenvalue weighted by Gasteiger charge is 2.07. The van der Waals surface area contributed by atoms with Crippen molar-refractivity contribution in [2.75, 3.05) is 19.5 Å². The number of benzene rings is 2. The van der Waals surface area contributed by atoms with Crippen LogP contribution >= 0.6 is 27.5 Å². The van der Waals surface area contributed by atoms with Gasteiger partial charge in [0.05, 0.1) is 24.9 Å². The van der Waals surface area contributed by atoms with Crippen LogP contribution in [0.4, 0.5) is 10.5 Å². The van der Waals surface area contributed by atoms with Crippen LogP contribution in [0.15, 0.2) is 40.9 Å². The number of halogens is 2. The molecule has 0 aliphatic rings. The van der Waals surface area contributed by atoms with E-state index in [1.165, 1.54) is 0 Å². The maximum atomic E-state index is 12.0. The average molecular weight is 400 g/mol. The summed E-state index contributed by atoms with van der Waals surface area (Å²) in [7, 11) is 3.16. The molecular formula is C16H16BrClN2O3. The second kappa shape index (κ2) is 8.08. The van der Waals surface area contributed by atoms with Crippen LogP contribution in [0.5, 0.6) is 11.5 Å². The highest BCUT2D eigenvalue weighted by Crippen LogP contribution is 2.25. The van der Waals surface area contributed by atoms with Gasteiger partial charge in [0.1, 0.15) is 11.5 Å². The van der Waals surface area contributed by atoms with Crippen LogP contribution in [0.25, 0.3) is 0 Å². The summed E-state index contributed by atoms with van der Waals surface area (Å²) in [5.74, 6) is 1.33. The standard InChI is InChI=1S/C16H16BrClN2O3/c1-22-12-5-10(6-13(8-12)23-2)9-19-16(21)20-15-4-3-11(17)7-14(15)18/h3-8H,9H2,1-2H3,(H2,19,20,21). The van der Waals surface area contributed by atoms with Crippen molar-refractivity contribution in [3.63, 3.8) is 0 Å². The summed E-state index contributed by atoms with van der Waals surface area (Å²) in [4.78, 5) is 12.0. The first-order chi connectivity index (χ1) is 11.0. The first-order valence-electron chi connectivity index (χ1n) is 6.73. The highest BCUT2D eigenvalue weighted by atomic mass is 79.9. The Morgan fingerprint density at radius 1 is 1.13 bits per heavy atom. The molecule has 23 heavy (non-hydrogen) atoms. The van der Waals surface area contributed by atoms with Gasteiger partial charge >= 0.3 is 6.03 Å². The fourth-order valence-corrected chi connectivity index (χ4v) is 2.63. The molecule has 0 saturated heterocycles. The fourth-order valence-electron chi connectivity index (χ4n) is 1.91. The van der Waals surface area contributed by atoms with E-state index in [9.17, 15) is 4.79 Å². The molecule has 0 spiro atoms. The zero-order valence-electron chi connectivity index (χ0n) is 12.7. The predicted octanol–water partition coefficient (Wildman–Crippen LogP) is 4.44. The molecule has 0 unspecified atom stereocenters. The van der Waals surface area contributed by atoms with Crippen molar-refractivity contribution in [2.45, 2.75) is 6.54 Å². The largest absolute Gasteiger partial charge is 0.497 e. The zero-order valence-corrected chi connectivity index (χ0v) is 15.0. The summed E-state index contributed by atoms with van der Waals surface area (Å²) < 4.78 is 11.2. The second-order valence-electron chi connectivity index (χ2n) is 4.65. The maximum absolute atomic E-state index is 12.0. The Hall–Kier alpha value is -1.92. The third-order valence-corrected chi connectivity index (χ3v) is 3.85. The summed E-state index contributed by atoms with van der Waals surface area (Å²) in [6, 6.07) is 10.3. The van der Waals surface area contributed by atoms with E-state index in [1.54, 1.807) is 38.5 Å². The minimum atomic E-state index is -0.351. The summed E-state index contributed by atoms with van der Waals surface area (Å²) in [5, 5.41) is 5.92. The lowest BCUT2D eigenvalue weighted by molar-refractivity contribution is 0.251. The first-order valence-corrected chi connectivity index (χ1v) is 7.90. The first kappa shape index (κ1) is 17.4. The van der Waals surface area contributed by atoms with Crippen LogP contribution in [0, 0.1) is 0 Å². The number of amides is 2. The molecule has 0 atom stereocenters. The number of ether oxygens (including phenoxy) is 2. The van der Waals surface area contributed by atoms with Crippen molar-refractivity contribution in [3.05, 3.63) is 51.5 Å². The van der Waals surface area contributed by atoms with Gasteiger partial charge in [-0.2, -0.15) is 0 Å².